The summed E-state index contributed by atoms with van der Waals surface area (Å²) in [6.07, 6.45) is 0.801. The number of Topliss-reactive ketones (excluding diaryl/α,β-unsaturated/α-hetero) is 1. The first-order valence-electron chi connectivity index (χ1n) is 7.60. The number of ether oxygens (including phenoxy) is 3. The third-order valence-corrected chi connectivity index (χ3v) is 4.81. The SMILES string of the molecule is CCc1ccc(C(=O)COC(=O)c2cc(OC)c(OC)cc2[N+](=O)[O-])s1. The Morgan fingerprint density at radius 3 is 2.35 bits per heavy atom. The highest BCUT2D eigenvalue weighted by atomic mass is 32.1. The summed E-state index contributed by atoms with van der Waals surface area (Å²) in [7, 11) is 2.66. The van der Waals surface area contributed by atoms with E-state index in [0.717, 1.165) is 23.4 Å². The largest absolute Gasteiger partial charge is 0.493 e. The van der Waals surface area contributed by atoms with Gasteiger partial charge in [-0.1, -0.05) is 6.92 Å². The number of carbonyl (C=O) groups excluding carboxylic acids is 2. The Balaban J connectivity index is 2.20. The Morgan fingerprint density at radius 1 is 1.15 bits per heavy atom. The van der Waals surface area contributed by atoms with Gasteiger partial charge < -0.3 is 14.2 Å². The van der Waals surface area contributed by atoms with Gasteiger partial charge in [-0.25, -0.2) is 4.79 Å². The Bertz CT molecular complexity index is 844. The molecule has 9 heteroatoms. The first kappa shape index (κ1) is 19.4. The zero-order valence-electron chi connectivity index (χ0n) is 14.4. The van der Waals surface area contributed by atoms with Crippen molar-refractivity contribution in [3.63, 3.8) is 0 Å². The molecule has 0 saturated heterocycles. The molecule has 0 fully saturated rings. The van der Waals surface area contributed by atoms with E-state index in [1.165, 1.54) is 25.6 Å². The normalized spacial score (nSPS) is 10.3. The third-order valence-electron chi connectivity index (χ3n) is 3.54. The summed E-state index contributed by atoms with van der Waals surface area (Å²) in [5.74, 6) is -1.11. The van der Waals surface area contributed by atoms with Crippen molar-refractivity contribution in [1.82, 2.24) is 0 Å². The first-order valence-corrected chi connectivity index (χ1v) is 8.42. The number of hydrogen-bond donors (Lipinski definition) is 0. The molecule has 0 atom stereocenters. The van der Waals surface area contributed by atoms with Gasteiger partial charge in [0.1, 0.15) is 5.56 Å². The molecule has 0 saturated carbocycles. The highest BCUT2D eigenvalue weighted by Crippen LogP contribution is 2.34. The number of carbonyl (C=O) groups is 2. The van der Waals surface area contributed by atoms with E-state index in [0.29, 0.717) is 4.88 Å². The number of rotatable bonds is 8. The van der Waals surface area contributed by atoms with Crippen LogP contribution >= 0.6 is 11.3 Å². The third kappa shape index (κ3) is 4.17. The number of nitro groups is 1. The fraction of sp³-hybridized carbons (Fsp3) is 0.294. The Hall–Kier alpha value is -2.94. The number of thiophene rings is 1. The summed E-state index contributed by atoms with van der Waals surface area (Å²) in [5.41, 5.74) is -0.814. The van der Waals surface area contributed by atoms with Gasteiger partial charge in [0.2, 0.25) is 5.78 Å². The van der Waals surface area contributed by atoms with Gasteiger partial charge >= 0.3 is 5.97 Å². The molecule has 0 radical (unpaired) electrons. The lowest BCUT2D eigenvalue weighted by molar-refractivity contribution is -0.385. The molecule has 26 heavy (non-hydrogen) atoms. The van der Waals surface area contributed by atoms with Crippen molar-refractivity contribution in [3.05, 3.63) is 49.7 Å². The molecule has 8 nitrogen and oxygen atoms in total. The number of nitro benzene ring substituents is 1. The van der Waals surface area contributed by atoms with Gasteiger partial charge in [0.05, 0.1) is 30.1 Å². The first-order chi connectivity index (χ1) is 12.4. The molecular formula is C17H17NO7S. The zero-order valence-corrected chi connectivity index (χ0v) is 15.3. The van der Waals surface area contributed by atoms with Crippen LogP contribution in [-0.4, -0.2) is 37.5 Å². The van der Waals surface area contributed by atoms with Crippen LogP contribution in [0.4, 0.5) is 5.69 Å². The van der Waals surface area contributed by atoms with E-state index in [4.69, 9.17) is 14.2 Å². The van der Waals surface area contributed by atoms with Crippen molar-refractivity contribution < 1.29 is 28.7 Å². The van der Waals surface area contributed by atoms with E-state index in [9.17, 15) is 19.7 Å². The molecule has 1 heterocycles. The van der Waals surface area contributed by atoms with Crippen LogP contribution in [-0.2, 0) is 11.2 Å². The molecular weight excluding hydrogens is 362 g/mol. The lowest BCUT2D eigenvalue weighted by Crippen LogP contribution is -2.15. The molecule has 0 unspecified atom stereocenters. The number of ketones is 1. The van der Waals surface area contributed by atoms with Crippen LogP contribution in [0.5, 0.6) is 11.5 Å². The predicted molar refractivity (Wildman–Crippen MR) is 94.5 cm³/mol. The maximum atomic E-state index is 12.3. The summed E-state index contributed by atoms with van der Waals surface area (Å²) in [4.78, 5) is 36.4. The van der Waals surface area contributed by atoms with Crippen LogP contribution in [0.3, 0.4) is 0 Å². The van der Waals surface area contributed by atoms with Crippen LogP contribution in [0.15, 0.2) is 24.3 Å². The van der Waals surface area contributed by atoms with Crippen LogP contribution in [0.2, 0.25) is 0 Å². The van der Waals surface area contributed by atoms with E-state index in [1.54, 1.807) is 6.07 Å². The van der Waals surface area contributed by atoms with Crippen molar-refractivity contribution in [2.75, 3.05) is 20.8 Å². The second-order valence-corrected chi connectivity index (χ2v) is 6.27. The van der Waals surface area contributed by atoms with E-state index in [2.05, 4.69) is 0 Å². The number of esters is 1. The molecule has 0 bridgehead atoms. The molecule has 0 aliphatic carbocycles. The topological polar surface area (TPSA) is 105 Å². The minimum Gasteiger partial charge on any atom is -0.493 e. The molecule has 2 rings (SSSR count). The number of benzene rings is 1. The van der Waals surface area contributed by atoms with Crippen LogP contribution in [0, 0.1) is 10.1 Å². The van der Waals surface area contributed by atoms with Gasteiger partial charge in [-0.15, -0.1) is 11.3 Å². The fourth-order valence-electron chi connectivity index (χ4n) is 2.18. The van der Waals surface area contributed by atoms with Gasteiger partial charge in [0.15, 0.2) is 18.1 Å². The summed E-state index contributed by atoms with van der Waals surface area (Å²) in [5, 5.41) is 11.2. The van der Waals surface area contributed by atoms with Crippen molar-refractivity contribution >= 4 is 28.8 Å². The Kier molecular flexibility index (Phi) is 6.29. The summed E-state index contributed by atoms with van der Waals surface area (Å²) in [6, 6.07) is 5.73. The highest BCUT2D eigenvalue weighted by Gasteiger charge is 2.26. The summed E-state index contributed by atoms with van der Waals surface area (Å²) < 4.78 is 15.0. The van der Waals surface area contributed by atoms with Crippen molar-refractivity contribution in [2.24, 2.45) is 0 Å². The molecule has 2 aromatic rings. The molecule has 0 aliphatic heterocycles. The van der Waals surface area contributed by atoms with Gasteiger partial charge in [-0.3, -0.25) is 14.9 Å². The molecule has 1 aromatic carbocycles. The van der Waals surface area contributed by atoms with Crippen molar-refractivity contribution in [2.45, 2.75) is 13.3 Å². The highest BCUT2D eigenvalue weighted by molar-refractivity contribution is 7.14. The smallest absolute Gasteiger partial charge is 0.345 e. The van der Waals surface area contributed by atoms with E-state index >= 15 is 0 Å². The second-order valence-electron chi connectivity index (χ2n) is 5.10. The van der Waals surface area contributed by atoms with E-state index < -0.39 is 23.2 Å². The van der Waals surface area contributed by atoms with Gasteiger partial charge in [-0.05, 0) is 18.6 Å². The molecule has 138 valence electrons. The monoisotopic (exact) mass is 379 g/mol. The van der Waals surface area contributed by atoms with Crippen molar-refractivity contribution in [3.8, 4) is 11.5 Å². The fourth-order valence-corrected chi connectivity index (χ4v) is 3.05. The maximum Gasteiger partial charge on any atom is 0.345 e. The van der Waals surface area contributed by atoms with Crippen molar-refractivity contribution in [1.29, 1.82) is 0 Å². The molecule has 0 spiro atoms. The van der Waals surface area contributed by atoms with Crippen LogP contribution < -0.4 is 9.47 Å². The average molecular weight is 379 g/mol. The lowest BCUT2D eigenvalue weighted by atomic mass is 10.1. The maximum absolute atomic E-state index is 12.3. The number of hydrogen-bond acceptors (Lipinski definition) is 8. The van der Waals surface area contributed by atoms with Gasteiger partial charge in [-0.2, -0.15) is 0 Å². The second kappa shape index (κ2) is 8.43. The summed E-state index contributed by atoms with van der Waals surface area (Å²) in [6.45, 7) is 1.46. The molecule has 1 aromatic heterocycles. The number of aryl methyl sites for hydroxylation is 1. The Labute approximate surface area is 153 Å². The molecule has 0 amide bonds. The average Bonchev–Trinajstić information content (AvgIpc) is 3.13. The molecule has 0 aliphatic rings. The van der Waals surface area contributed by atoms with Gasteiger partial charge in [0, 0.05) is 10.9 Å². The predicted octanol–water partition coefficient (Wildman–Crippen LogP) is 3.28. The minimum absolute atomic E-state index is 0.109. The van der Waals surface area contributed by atoms with Gasteiger partial charge in [0.25, 0.3) is 5.69 Å². The Morgan fingerprint density at radius 2 is 1.81 bits per heavy atom. The summed E-state index contributed by atoms with van der Waals surface area (Å²) >= 11 is 1.32. The molecule has 0 N–H and O–H groups in total. The zero-order chi connectivity index (χ0) is 19.3. The number of methoxy groups -OCH3 is 2. The van der Waals surface area contributed by atoms with Crippen LogP contribution in [0.1, 0.15) is 31.8 Å². The standard InChI is InChI=1S/C17H17NO7S/c1-4-10-5-6-16(26-10)13(19)9-25-17(20)11-7-14(23-2)15(24-3)8-12(11)18(21)22/h5-8H,4,9H2,1-3H3. The van der Waals surface area contributed by atoms with Crippen LogP contribution in [0.25, 0.3) is 0 Å². The quantitative estimate of drug-likeness (QED) is 0.300. The minimum atomic E-state index is -0.988. The number of nitrogens with zero attached hydrogens (tertiary/aromatic N) is 1. The lowest BCUT2D eigenvalue weighted by Gasteiger charge is -2.10. The van der Waals surface area contributed by atoms with E-state index in [-0.39, 0.29) is 22.8 Å². The van der Waals surface area contributed by atoms with E-state index in [1.807, 2.05) is 13.0 Å².